The number of ketones is 1. The Morgan fingerprint density at radius 1 is 1.25 bits per heavy atom. The van der Waals surface area contributed by atoms with Crippen molar-refractivity contribution >= 4 is 17.4 Å². The van der Waals surface area contributed by atoms with Gasteiger partial charge in [0.05, 0.1) is 6.54 Å². The number of hydrogen-bond donors (Lipinski definition) is 1. The first-order chi connectivity index (χ1) is 9.45. The van der Waals surface area contributed by atoms with Crippen molar-refractivity contribution in [1.29, 1.82) is 0 Å². The van der Waals surface area contributed by atoms with E-state index in [0.29, 0.717) is 6.54 Å². The Kier molecular flexibility index (Phi) is 4.63. The predicted molar refractivity (Wildman–Crippen MR) is 82.4 cm³/mol. The Labute approximate surface area is 124 Å². The van der Waals surface area contributed by atoms with Crippen molar-refractivity contribution in [2.75, 3.05) is 13.6 Å². The lowest BCUT2D eigenvalue weighted by molar-refractivity contribution is 0.0942. The van der Waals surface area contributed by atoms with E-state index in [9.17, 15) is 4.79 Å². The minimum Gasteiger partial charge on any atom is -0.362 e. The summed E-state index contributed by atoms with van der Waals surface area (Å²) >= 11 is 5.86. The van der Waals surface area contributed by atoms with Gasteiger partial charge in [-0.2, -0.15) is 0 Å². The summed E-state index contributed by atoms with van der Waals surface area (Å²) < 4.78 is 0. The molecule has 1 aromatic heterocycles. The molecular formula is C16H19ClN2O. The second-order valence-electron chi connectivity index (χ2n) is 5.21. The number of likely N-dealkylation sites (N-methyl/N-ethyl adjacent to an activating group) is 1. The fourth-order valence-electron chi connectivity index (χ4n) is 2.30. The fourth-order valence-corrected chi connectivity index (χ4v) is 2.43. The maximum absolute atomic E-state index is 12.3. The molecule has 3 nitrogen and oxygen atoms in total. The molecule has 0 atom stereocenters. The SMILES string of the molecule is Cc1cc(C(=O)CN(C)Cc2ccc(Cl)cc2)c(C)[nH]1. The van der Waals surface area contributed by atoms with Crippen molar-refractivity contribution in [2.24, 2.45) is 0 Å². The van der Waals surface area contributed by atoms with Crippen LogP contribution in [0.15, 0.2) is 30.3 Å². The van der Waals surface area contributed by atoms with E-state index in [1.54, 1.807) is 0 Å². The summed E-state index contributed by atoms with van der Waals surface area (Å²) in [4.78, 5) is 17.4. The molecule has 0 bridgehead atoms. The van der Waals surface area contributed by atoms with Gasteiger partial charge in [0.25, 0.3) is 0 Å². The molecule has 0 aliphatic heterocycles. The third-order valence-corrected chi connectivity index (χ3v) is 3.48. The Morgan fingerprint density at radius 2 is 1.90 bits per heavy atom. The minimum absolute atomic E-state index is 0.142. The monoisotopic (exact) mass is 290 g/mol. The first kappa shape index (κ1) is 14.8. The first-order valence-corrected chi connectivity index (χ1v) is 6.96. The topological polar surface area (TPSA) is 36.1 Å². The van der Waals surface area contributed by atoms with Gasteiger partial charge in [0.15, 0.2) is 5.78 Å². The second kappa shape index (κ2) is 6.25. The summed E-state index contributed by atoms with van der Waals surface area (Å²) in [6.07, 6.45) is 0. The van der Waals surface area contributed by atoms with Gasteiger partial charge >= 0.3 is 0 Å². The van der Waals surface area contributed by atoms with Crippen molar-refractivity contribution in [2.45, 2.75) is 20.4 Å². The maximum atomic E-state index is 12.3. The number of benzene rings is 1. The number of aromatic nitrogens is 1. The summed E-state index contributed by atoms with van der Waals surface area (Å²) in [7, 11) is 1.95. The van der Waals surface area contributed by atoms with Crippen molar-refractivity contribution in [3.63, 3.8) is 0 Å². The molecule has 0 aliphatic rings. The number of carbonyl (C=O) groups excluding carboxylic acids is 1. The molecule has 0 saturated heterocycles. The Balaban J connectivity index is 1.97. The molecule has 2 rings (SSSR count). The van der Waals surface area contributed by atoms with Gasteiger partial charge in [0.1, 0.15) is 0 Å². The zero-order valence-corrected chi connectivity index (χ0v) is 12.8. The largest absolute Gasteiger partial charge is 0.362 e. The average Bonchev–Trinajstić information content (AvgIpc) is 2.71. The molecule has 4 heteroatoms. The molecular weight excluding hydrogens is 272 g/mol. The van der Waals surface area contributed by atoms with Crippen LogP contribution in [-0.2, 0) is 6.54 Å². The van der Waals surface area contributed by atoms with Gasteiger partial charge < -0.3 is 4.98 Å². The number of aryl methyl sites for hydroxylation is 2. The van der Waals surface area contributed by atoms with Crippen LogP contribution in [0.4, 0.5) is 0 Å². The quantitative estimate of drug-likeness (QED) is 0.854. The number of halogens is 1. The fraction of sp³-hybridized carbons (Fsp3) is 0.312. The smallest absolute Gasteiger partial charge is 0.178 e. The number of aromatic amines is 1. The van der Waals surface area contributed by atoms with Gasteiger partial charge in [-0.3, -0.25) is 9.69 Å². The van der Waals surface area contributed by atoms with E-state index >= 15 is 0 Å². The highest BCUT2D eigenvalue weighted by Gasteiger charge is 2.13. The molecule has 0 fully saturated rings. The highest BCUT2D eigenvalue weighted by molar-refractivity contribution is 6.30. The number of hydrogen-bond acceptors (Lipinski definition) is 2. The van der Waals surface area contributed by atoms with E-state index in [1.165, 1.54) is 0 Å². The lowest BCUT2D eigenvalue weighted by Crippen LogP contribution is -2.25. The van der Waals surface area contributed by atoms with E-state index in [0.717, 1.165) is 34.1 Å². The molecule has 0 radical (unpaired) electrons. The van der Waals surface area contributed by atoms with Crippen LogP contribution in [0.5, 0.6) is 0 Å². The molecule has 0 aliphatic carbocycles. The molecule has 0 spiro atoms. The van der Waals surface area contributed by atoms with Gasteiger partial charge in [-0.15, -0.1) is 0 Å². The predicted octanol–water partition coefficient (Wildman–Crippen LogP) is 3.60. The molecule has 20 heavy (non-hydrogen) atoms. The van der Waals surface area contributed by atoms with Crippen molar-refractivity contribution in [3.8, 4) is 0 Å². The molecule has 1 N–H and O–H groups in total. The molecule has 106 valence electrons. The first-order valence-electron chi connectivity index (χ1n) is 6.58. The van der Waals surface area contributed by atoms with Gasteiger partial charge in [-0.25, -0.2) is 0 Å². The van der Waals surface area contributed by atoms with Gasteiger partial charge in [0.2, 0.25) is 0 Å². The number of H-pyrrole nitrogens is 1. The Bertz CT molecular complexity index is 601. The number of nitrogens with one attached hydrogen (secondary N) is 1. The zero-order valence-electron chi connectivity index (χ0n) is 12.0. The van der Waals surface area contributed by atoms with Gasteiger partial charge in [0, 0.05) is 28.5 Å². The van der Waals surface area contributed by atoms with Crippen LogP contribution in [0.25, 0.3) is 0 Å². The third-order valence-electron chi connectivity index (χ3n) is 3.23. The van der Waals surface area contributed by atoms with E-state index in [1.807, 2.05) is 56.1 Å². The van der Waals surface area contributed by atoms with Crippen molar-refractivity contribution < 1.29 is 4.79 Å². The highest BCUT2D eigenvalue weighted by Crippen LogP contribution is 2.13. The third kappa shape index (κ3) is 3.71. The van der Waals surface area contributed by atoms with E-state index in [-0.39, 0.29) is 5.78 Å². The average molecular weight is 291 g/mol. The number of Topliss-reactive ketones (excluding diaryl/α,β-unsaturated/α-hetero) is 1. The highest BCUT2D eigenvalue weighted by atomic mass is 35.5. The normalized spacial score (nSPS) is 11.1. The molecule has 2 aromatic rings. The molecule has 0 amide bonds. The summed E-state index contributed by atoms with van der Waals surface area (Å²) in [6, 6.07) is 9.61. The van der Waals surface area contributed by atoms with Crippen molar-refractivity contribution in [1.82, 2.24) is 9.88 Å². The molecule has 1 heterocycles. The summed E-state index contributed by atoms with van der Waals surface area (Å²) in [5, 5.41) is 0.728. The summed E-state index contributed by atoms with van der Waals surface area (Å²) in [5.41, 5.74) is 3.88. The lowest BCUT2D eigenvalue weighted by Gasteiger charge is -2.15. The van der Waals surface area contributed by atoms with E-state index in [2.05, 4.69) is 4.98 Å². The van der Waals surface area contributed by atoms with Crippen LogP contribution in [0, 0.1) is 13.8 Å². The van der Waals surface area contributed by atoms with Crippen LogP contribution < -0.4 is 0 Å². The van der Waals surface area contributed by atoms with Gasteiger partial charge in [-0.1, -0.05) is 23.7 Å². The van der Waals surface area contributed by atoms with Crippen LogP contribution in [-0.4, -0.2) is 29.3 Å². The molecule has 1 aromatic carbocycles. The lowest BCUT2D eigenvalue weighted by atomic mass is 10.1. The molecule has 0 unspecified atom stereocenters. The number of rotatable bonds is 5. The van der Waals surface area contributed by atoms with E-state index < -0.39 is 0 Å². The Morgan fingerprint density at radius 3 is 2.45 bits per heavy atom. The maximum Gasteiger partial charge on any atom is 0.178 e. The van der Waals surface area contributed by atoms with Crippen LogP contribution >= 0.6 is 11.6 Å². The molecule has 0 saturated carbocycles. The Hall–Kier alpha value is -1.58. The van der Waals surface area contributed by atoms with Gasteiger partial charge in [-0.05, 0) is 44.7 Å². The van der Waals surface area contributed by atoms with Crippen molar-refractivity contribution in [3.05, 3.63) is 57.9 Å². The standard InChI is InChI=1S/C16H19ClN2O/c1-11-8-15(12(2)18-11)16(20)10-19(3)9-13-4-6-14(17)7-5-13/h4-8,18H,9-10H2,1-3H3. The van der Waals surface area contributed by atoms with E-state index in [4.69, 9.17) is 11.6 Å². The van der Waals surface area contributed by atoms with Crippen LogP contribution in [0.2, 0.25) is 5.02 Å². The summed E-state index contributed by atoms with van der Waals surface area (Å²) in [5.74, 6) is 0.142. The number of nitrogens with zero attached hydrogens (tertiary/aromatic N) is 1. The number of carbonyl (C=O) groups is 1. The minimum atomic E-state index is 0.142. The zero-order chi connectivity index (χ0) is 14.7. The summed E-state index contributed by atoms with van der Waals surface area (Å²) in [6.45, 7) is 5.02. The van der Waals surface area contributed by atoms with Crippen LogP contribution in [0.3, 0.4) is 0 Å². The van der Waals surface area contributed by atoms with Crippen LogP contribution in [0.1, 0.15) is 27.3 Å². The second-order valence-corrected chi connectivity index (χ2v) is 5.65.